The Morgan fingerprint density at radius 3 is 2.63 bits per heavy atom. The van der Waals surface area contributed by atoms with Crippen LogP contribution >= 0.6 is 11.6 Å². The molecular formula is C15H28ClN3. The summed E-state index contributed by atoms with van der Waals surface area (Å²) in [6.07, 6.45) is 5.07. The van der Waals surface area contributed by atoms with Crippen LogP contribution in [0.1, 0.15) is 59.6 Å². The number of halogens is 1. The van der Waals surface area contributed by atoms with Crippen LogP contribution < -0.4 is 5.32 Å². The Kier molecular flexibility index (Phi) is 6.34. The Bertz CT molecular complexity index is 385. The average molecular weight is 286 g/mol. The average Bonchev–Trinajstić information content (AvgIpc) is 2.68. The highest BCUT2D eigenvalue weighted by molar-refractivity contribution is 6.31. The summed E-state index contributed by atoms with van der Waals surface area (Å²) < 4.78 is 2.06. The van der Waals surface area contributed by atoms with Crippen LogP contribution in [0.25, 0.3) is 0 Å². The van der Waals surface area contributed by atoms with Crippen LogP contribution in [0.4, 0.5) is 0 Å². The molecule has 1 unspecified atom stereocenters. The quantitative estimate of drug-likeness (QED) is 0.782. The molecule has 1 atom stereocenters. The van der Waals surface area contributed by atoms with Gasteiger partial charge < -0.3 is 5.32 Å². The molecule has 1 rings (SSSR count). The first-order chi connectivity index (χ1) is 8.92. The van der Waals surface area contributed by atoms with Crippen molar-refractivity contribution in [1.29, 1.82) is 0 Å². The van der Waals surface area contributed by atoms with Crippen molar-refractivity contribution in [3.05, 3.63) is 16.9 Å². The predicted octanol–water partition coefficient (Wildman–Crippen LogP) is 4.00. The lowest BCUT2D eigenvalue weighted by Crippen LogP contribution is -2.35. The lowest BCUT2D eigenvalue weighted by Gasteiger charge is -2.30. The molecule has 1 N–H and O–H groups in total. The van der Waals surface area contributed by atoms with Gasteiger partial charge in [0.2, 0.25) is 0 Å². The smallest absolute Gasteiger partial charge is 0.0823 e. The third-order valence-corrected chi connectivity index (χ3v) is 3.71. The van der Waals surface area contributed by atoms with E-state index in [2.05, 4.69) is 49.7 Å². The van der Waals surface area contributed by atoms with Crippen molar-refractivity contribution in [3.8, 4) is 0 Å². The van der Waals surface area contributed by atoms with Gasteiger partial charge in [-0.25, -0.2) is 0 Å². The minimum atomic E-state index is 0.0307. The second kappa shape index (κ2) is 7.30. The van der Waals surface area contributed by atoms with Crippen LogP contribution in [-0.4, -0.2) is 22.4 Å². The van der Waals surface area contributed by atoms with Gasteiger partial charge >= 0.3 is 0 Å². The van der Waals surface area contributed by atoms with Crippen molar-refractivity contribution in [2.75, 3.05) is 6.54 Å². The maximum absolute atomic E-state index is 6.35. The van der Waals surface area contributed by atoms with E-state index in [4.69, 9.17) is 11.6 Å². The normalized spacial score (nSPS) is 13.8. The summed E-state index contributed by atoms with van der Waals surface area (Å²) in [5.41, 5.74) is 1.20. The summed E-state index contributed by atoms with van der Waals surface area (Å²) in [5.74, 6) is 0. The summed E-state index contributed by atoms with van der Waals surface area (Å²) in [5, 5.41) is 8.75. The minimum absolute atomic E-state index is 0.0307. The molecule has 0 aliphatic heterocycles. The third-order valence-electron chi connectivity index (χ3n) is 3.43. The fourth-order valence-corrected chi connectivity index (χ4v) is 3.14. The van der Waals surface area contributed by atoms with Crippen molar-refractivity contribution in [3.63, 3.8) is 0 Å². The molecule has 0 bridgehead atoms. The zero-order valence-corrected chi connectivity index (χ0v) is 13.7. The maximum atomic E-state index is 6.35. The molecule has 1 aromatic heterocycles. The van der Waals surface area contributed by atoms with Gasteiger partial charge in [-0.1, -0.05) is 39.3 Å². The number of nitrogens with one attached hydrogen (secondary N) is 1. The Balaban J connectivity index is 2.83. The van der Waals surface area contributed by atoms with E-state index in [-0.39, 0.29) is 5.41 Å². The molecule has 19 heavy (non-hydrogen) atoms. The highest BCUT2D eigenvalue weighted by Gasteiger charge is 2.29. The Hall–Kier alpha value is -0.540. The standard InChI is InChI=1S/C15H28ClN3/c1-6-8-17-12(3)10-15(4,5)14-13(16)11-18-19(14)9-7-2/h11-12,17H,6-10H2,1-5H3. The molecule has 1 heterocycles. The molecule has 3 nitrogen and oxygen atoms in total. The van der Waals surface area contributed by atoms with Gasteiger partial charge in [0.1, 0.15) is 0 Å². The summed E-state index contributed by atoms with van der Waals surface area (Å²) in [7, 11) is 0. The lowest BCUT2D eigenvalue weighted by molar-refractivity contribution is 0.362. The number of rotatable bonds is 8. The molecule has 0 radical (unpaired) electrons. The van der Waals surface area contributed by atoms with Crippen LogP contribution in [0.3, 0.4) is 0 Å². The predicted molar refractivity (Wildman–Crippen MR) is 82.9 cm³/mol. The molecular weight excluding hydrogens is 258 g/mol. The summed E-state index contributed by atoms with van der Waals surface area (Å²) in [6.45, 7) is 13.1. The molecule has 0 saturated carbocycles. The highest BCUT2D eigenvalue weighted by atomic mass is 35.5. The molecule has 110 valence electrons. The molecule has 0 aliphatic rings. The number of aromatic nitrogens is 2. The van der Waals surface area contributed by atoms with Gasteiger partial charge in [0.25, 0.3) is 0 Å². The van der Waals surface area contributed by atoms with Crippen molar-refractivity contribution in [2.24, 2.45) is 0 Å². The topological polar surface area (TPSA) is 29.9 Å². The van der Waals surface area contributed by atoms with Gasteiger partial charge in [-0.15, -0.1) is 0 Å². The Morgan fingerprint density at radius 2 is 2.05 bits per heavy atom. The molecule has 1 aromatic rings. The van der Waals surface area contributed by atoms with E-state index in [1.54, 1.807) is 6.20 Å². The van der Waals surface area contributed by atoms with Gasteiger partial charge in [0.05, 0.1) is 16.9 Å². The lowest BCUT2D eigenvalue weighted by atomic mass is 9.82. The minimum Gasteiger partial charge on any atom is -0.314 e. The van der Waals surface area contributed by atoms with Crippen LogP contribution in [-0.2, 0) is 12.0 Å². The molecule has 0 aromatic carbocycles. The summed E-state index contributed by atoms with van der Waals surface area (Å²) in [4.78, 5) is 0. The zero-order valence-electron chi connectivity index (χ0n) is 13.0. The molecule has 0 spiro atoms. The zero-order chi connectivity index (χ0) is 14.5. The van der Waals surface area contributed by atoms with Crippen molar-refractivity contribution in [2.45, 2.75) is 71.9 Å². The van der Waals surface area contributed by atoms with E-state index >= 15 is 0 Å². The van der Waals surface area contributed by atoms with Gasteiger partial charge in [-0.05, 0) is 32.7 Å². The fraction of sp³-hybridized carbons (Fsp3) is 0.800. The Morgan fingerprint density at radius 1 is 1.37 bits per heavy atom. The van der Waals surface area contributed by atoms with Gasteiger partial charge in [0, 0.05) is 18.0 Å². The number of hydrogen-bond acceptors (Lipinski definition) is 2. The third kappa shape index (κ3) is 4.50. The SMILES string of the molecule is CCCNC(C)CC(C)(C)c1c(Cl)cnn1CCC. The van der Waals surface area contributed by atoms with E-state index < -0.39 is 0 Å². The first kappa shape index (κ1) is 16.5. The molecule has 0 amide bonds. The first-order valence-electron chi connectivity index (χ1n) is 7.37. The first-order valence-corrected chi connectivity index (χ1v) is 7.75. The van der Waals surface area contributed by atoms with Gasteiger partial charge in [0.15, 0.2) is 0 Å². The van der Waals surface area contributed by atoms with Crippen LogP contribution in [0.2, 0.25) is 5.02 Å². The number of hydrogen-bond donors (Lipinski definition) is 1. The van der Waals surface area contributed by atoms with Crippen LogP contribution in [0, 0.1) is 0 Å². The molecule has 0 aliphatic carbocycles. The highest BCUT2D eigenvalue weighted by Crippen LogP contribution is 2.33. The monoisotopic (exact) mass is 285 g/mol. The van der Waals surface area contributed by atoms with Crippen LogP contribution in [0.15, 0.2) is 6.20 Å². The Labute approximate surface area is 122 Å². The number of aryl methyl sites for hydroxylation is 1. The fourth-order valence-electron chi connectivity index (χ4n) is 2.74. The van der Waals surface area contributed by atoms with E-state index in [1.807, 2.05) is 0 Å². The van der Waals surface area contributed by atoms with Crippen molar-refractivity contribution < 1.29 is 0 Å². The van der Waals surface area contributed by atoms with E-state index in [0.717, 1.165) is 31.0 Å². The summed E-state index contributed by atoms with van der Waals surface area (Å²) >= 11 is 6.35. The van der Waals surface area contributed by atoms with Gasteiger partial charge in [-0.2, -0.15) is 5.10 Å². The second-order valence-corrected chi connectivity index (χ2v) is 6.41. The molecule has 0 saturated heterocycles. The van der Waals surface area contributed by atoms with E-state index in [1.165, 1.54) is 12.1 Å². The van der Waals surface area contributed by atoms with Crippen LogP contribution in [0.5, 0.6) is 0 Å². The maximum Gasteiger partial charge on any atom is 0.0823 e. The van der Waals surface area contributed by atoms with Gasteiger partial charge in [-0.3, -0.25) is 4.68 Å². The van der Waals surface area contributed by atoms with Crippen molar-refractivity contribution >= 4 is 11.6 Å². The van der Waals surface area contributed by atoms with E-state index in [0.29, 0.717) is 6.04 Å². The second-order valence-electron chi connectivity index (χ2n) is 6.01. The summed E-state index contributed by atoms with van der Waals surface area (Å²) in [6, 6.07) is 0.482. The molecule has 4 heteroatoms. The largest absolute Gasteiger partial charge is 0.314 e. The van der Waals surface area contributed by atoms with E-state index in [9.17, 15) is 0 Å². The number of nitrogens with zero attached hydrogens (tertiary/aromatic N) is 2. The molecule has 0 fully saturated rings. The van der Waals surface area contributed by atoms with Crippen molar-refractivity contribution in [1.82, 2.24) is 15.1 Å².